The van der Waals surface area contributed by atoms with Crippen LogP contribution in [0.15, 0.2) is 42.5 Å². The fraction of sp³-hybridized carbons (Fsp3) is 0.333. The van der Waals surface area contributed by atoms with Gasteiger partial charge in [0.15, 0.2) is 0 Å². The van der Waals surface area contributed by atoms with E-state index in [9.17, 15) is 14.7 Å². The Bertz CT molecular complexity index is 721. The lowest BCUT2D eigenvalue weighted by Crippen LogP contribution is -2.49. The molecule has 5 nitrogen and oxygen atoms in total. The van der Waals surface area contributed by atoms with Crippen molar-refractivity contribution >= 4 is 28.3 Å². The molecule has 120 valence electrons. The summed E-state index contributed by atoms with van der Waals surface area (Å²) in [4.78, 5) is 26.4. The zero-order valence-corrected chi connectivity index (χ0v) is 12.9. The first-order chi connectivity index (χ1) is 11.1. The maximum Gasteiger partial charge on any atom is 0.223 e. The summed E-state index contributed by atoms with van der Waals surface area (Å²) in [5.41, 5.74) is 1.16. The molecule has 2 aromatic carbocycles. The SMILES string of the molecule is O=C([O-])CCC(=O)N1CCN(c2ccc3ccccc3c2)CC1. The summed E-state index contributed by atoms with van der Waals surface area (Å²) in [5.74, 6) is -1.28. The van der Waals surface area contributed by atoms with Crippen molar-refractivity contribution in [1.82, 2.24) is 4.90 Å². The molecule has 1 aliphatic heterocycles. The van der Waals surface area contributed by atoms with Crippen LogP contribution in [0.25, 0.3) is 10.8 Å². The van der Waals surface area contributed by atoms with Crippen molar-refractivity contribution in [2.45, 2.75) is 12.8 Å². The number of anilines is 1. The van der Waals surface area contributed by atoms with Gasteiger partial charge in [0, 0.05) is 44.3 Å². The zero-order valence-electron chi connectivity index (χ0n) is 12.9. The highest BCUT2D eigenvalue weighted by Gasteiger charge is 2.21. The Labute approximate surface area is 135 Å². The average molecular weight is 311 g/mol. The molecule has 0 unspecified atom stereocenters. The maximum atomic E-state index is 11.9. The van der Waals surface area contributed by atoms with E-state index in [-0.39, 0.29) is 18.7 Å². The van der Waals surface area contributed by atoms with E-state index in [1.54, 1.807) is 4.90 Å². The molecule has 1 fully saturated rings. The van der Waals surface area contributed by atoms with Gasteiger partial charge in [-0.05, 0) is 29.3 Å². The van der Waals surface area contributed by atoms with Crippen LogP contribution in [0.1, 0.15) is 12.8 Å². The van der Waals surface area contributed by atoms with E-state index in [1.165, 1.54) is 10.8 Å². The third-order valence-corrected chi connectivity index (χ3v) is 4.27. The molecular formula is C18H19N2O3-. The molecule has 5 heteroatoms. The van der Waals surface area contributed by atoms with Crippen LogP contribution in [-0.2, 0) is 9.59 Å². The summed E-state index contributed by atoms with van der Waals surface area (Å²) in [7, 11) is 0. The van der Waals surface area contributed by atoms with E-state index >= 15 is 0 Å². The number of nitrogens with zero attached hydrogens (tertiary/aromatic N) is 2. The van der Waals surface area contributed by atoms with Crippen LogP contribution in [0.4, 0.5) is 5.69 Å². The van der Waals surface area contributed by atoms with Crippen LogP contribution in [0.3, 0.4) is 0 Å². The van der Waals surface area contributed by atoms with Gasteiger partial charge in [0.05, 0.1) is 0 Å². The Morgan fingerprint density at radius 1 is 0.913 bits per heavy atom. The van der Waals surface area contributed by atoms with Crippen LogP contribution in [0.2, 0.25) is 0 Å². The molecule has 1 heterocycles. The molecular weight excluding hydrogens is 292 g/mol. The van der Waals surface area contributed by atoms with E-state index in [4.69, 9.17) is 0 Å². The largest absolute Gasteiger partial charge is 0.550 e. The van der Waals surface area contributed by atoms with Gasteiger partial charge >= 0.3 is 0 Å². The van der Waals surface area contributed by atoms with Gasteiger partial charge in [0.1, 0.15) is 0 Å². The molecule has 0 bridgehead atoms. The highest BCUT2D eigenvalue weighted by atomic mass is 16.4. The van der Waals surface area contributed by atoms with E-state index in [0.29, 0.717) is 13.1 Å². The number of carbonyl (C=O) groups excluding carboxylic acids is 2. The number of amides is 1. The molecule has 1 amide bonds. The van der Waals surface area contributed by atoms with Gasteiger partial charge in [-0.1, -0.05) is 30.3 Å². The lowest BCUT2D eigenvalue weighted by Gasteiger charge is -2.36. The lowest BCUT2D eigenvalue weighted by atomic mass is 10.1. The highest BCUT2D eigenvalue weighted by molar-refractivity contribution is 5.86. The van der Waals surface area contributed by atoms with Gasteiger partial charge in [0.2, 0.25) is 5.91 Å². The monoisotopic (exact) mass is 311 g/mol. The zero-order chi connectivity index (χ0) is 16.2. The van der Waals surface area contributed by atoms with Gasteiger partial charge in [-0.25, -0.2) is 0 Å². The van der Waals surface area contributed by atoms with Crippen LogP contribution < -0.4 is 10.0 Å². The van der Waals surface area contributed by atoms with Gasteiger partial charge in [-0.3, -0.25) is 4.79 Å². The summed E-state index contributed by atoms with van der Waals surface area (Å²) in [6.45, 7) is 2.77. The molecule has 23 heavy (non-hydrogen) atoms. The second-order valence-electron chi connectivity index (χ2n) is 5.77. The van der Waals surface area contributed by atoms with E-state index in [2.05, 4.69) is 35.2 Å². The maximum absolute atomic E-state index is 11.9. The predicted octanol–water partition coefficient (Wildman–Crippen LogP) is 1.02. The third kappa shape index (κ3) is 3.62. The van der Waals surface area contributed by atoms with Crippen molar-refractivity contribution in [1.29, 1.82) is 0 Å². The topological polar surface area (TPSA) is 63.7 Å². The molecule has 0 saturated carbocycles. The smallest absolute Gasteiger partial charge is 0.223 e. The van der Waals surface area contributed by atoms with Crippen molar-refractivity contribution in [3.63, 3.8) is 0 Å². The molecule has 2 aromatic rings. The van der Waals surface area contributed by atoms with Crippen molar-refractivity contribution in [2.24, 2.45) is 0 Å². The molecule has 3 rings (SSSR count). The second kappa shape index (κ2) is 6.69. The summed E-state index contributed by atoms with van der Waals surface area (Å²) in [6.07, 6.45) is -0.179. The number of fused-ring (bicyclic) bond motifs is 1. The number of piperazine rings is 1. The number of aliphatic carboxylic acids is 1. The molecule has 1 saturated heterocycles. The fourth-order valence-corrected chi connectivity index (χ4v) is 2.95. The standard InChI is InChI=1S/C18H20N2O3/c21-17(7-8-18(22)23)20-11-9-19(10-12-20)16-6-5-14-3-1-2-4-15(14)13-16/h1-6,13H,7-12H2,(H,22,23)/p-1. The molecule has 0 aliphatic carbocycles. The molecule has 1 aliphatic rings. The Morgan fingerprint density at radius 3 is 2.30 bits per heavy atom. The Kier molecular flexibility index (Phi) is 4.46. The molecule has 0 N–H and O–H groups in total. The minimum absolute atomic E-state index is 0.0261. The summed E-state index contributed by atoms with van der Waals surface area (Å²) < 4.78 is 0. The summed E-state index contributed by atoms with van der Waals surface area (Å²) in [6, 6.07) is 14.6. The molecule has 0 radical (unpaired) electrons. The Morgan fingerprint density at radius 2 is 1.61 bits per heavy atom. The Hall–Kier alpha value is -2.56. The minimum atomic E-state index is -1.17. The van der Waals surface area contributed by atoms with Crippen LogP contribution in [0.5, 0.6) is 0 Å². The summed E-state index contributed by atoms with van der Waals surface area (Å²) >= 11 is 0. The van der Waals surface area contributed by atoms with Crippen LogP contribution in [0, 0.1) is 0 Å². The predicted molar refractivity (Wildman–Crippen MR) is 87.0 cm³/mol. The van der Waals surface area contributed by atoms with Crippen LogP contribution in [-0.4, -0.2) is 43.0 Å². The minimum Gasteiger partial charge on any atom is -0.550 e. The normalized spacial score (nSPS) is 15.0. The van der Waals surface area contributed by atoms with E-state index in [1.807, 2.05) is 12.1 Å². The number of carboxylic acids is 1. The van der Waals surface area contributed by atoms with Gasteiger partial charge in [0.25, 0.3) is 0 Å². The van der Waals surface area contributed by atoms with Gasteiger partial charge in [-0.15, -0.1) is 0 Å². The number of rotatable bonds is 4. The first-order valence-electron chi connectivity index (χ1n) is 7.85. The quantitative estimate of drug-likeness (QED) is 0.845. The molecule has 0 aromatic heterocycles. The second-order valence-corrected chi connectivity index (χ2v) is 5.77. The van der Waals surface area contributed by atoms with E-state index < -0.39 is 5.97 Å². The number of carbonyl (C=O) groups is 2. The average Bonchev–Trinajstić information content (AvgIpc) is 2.59. The molecule has 0 spiro atoms. The first-order valence-corrected chi connectivity index (χ1v) is 7.85. The Balaban J connectivity index is 1.61. The van der Waals surface area contributed by atoms with Crippen molar-refractivity contribution in [2.75, 3.05) is 31.1 Å². The fourth-order valence-electron chi connectivity index (χ4n) is 2.95. The first kappa shape index (κ1) is 15.3. The third-order valence-electron chi connectivity index (χ3n) is 4.27. The lowest BCUT2D eigenvalue weighted by molar-refractivity contribution is -0.305. The van der Waals surface area contributed by atoms with Gasteiger partial charge in [-0.2, -0.15) is 0 Å². The van der Waals surface area contributed by atoms with Crippen LogP contribution >= 0.6 is 0 Å². The molecule has 0 atom stereocenters. The number of carboxylic acid groups (broad SMARTS) is 1. The van der Waals surface area contributed by atoms with Gasteiger partial charge < -0.3 is 19.7 Å². The summed E-state index contributed by atoms with van der Waals surface area (Å²) in [5, 5.41) is 12.9. The van der Waals surface area contributed by atoms with Crippen molar-refractivity contribution in [3.8, 4) is 0 Å². The number of hydrogen-bond donors (Lipinski definition) is 0. The van der Waals surface area contributed by atoms with E-state index in [0.717, 1.165) is 18.8 Å². The van der Waals surface area contributed by atoms with Crippen molar-refractivity contribution < 1.29 is 14.7 Å². The highest BCUT2D eigenvalue weighted by Crippen LogP contribution is 2.23. The number of benzene rings is 2. The van der Waals surface area contributed by atoms with Crippen molar-refractivity contribution in [3.05, 3.63) is 42.5 Å². The number of hydrogen-bond acceptors (Lipinski definition) is 4.